The first-order valence-corrected chi connectivity index (χ1v) is 8.37. The fraction of sp³-hybridized carbons (Fsp3) is 0.571. The molecule has 0 unspecified atom stereocenters. The molecule has 3 rings (SSSR count). The summed E-state index contributed by atoms with van der Waals surface area (Å²) in [7, 11) is -3.07. The van der Waals surface area contributed by atoms with Gasteiger partial charge in [-0.1, -0.05) is 30.3 Å². The summed E-state index contributed by atoms with van der Waals surface area (Å²) >= 11 is 0. The standard InChI is InChI=1S/C14H20N2O2S/c15-8-12-9-16(19(17,18)13-6-7-13)10-14(12)11-4-2-1-3-5-11/h1-5,12-14H,6-10,15H2/t12-,14+/m1/s1. The zero-order valence-electron chi connectivity index (χ0n) is 10.9. The summed E-state index contributed by atoms with van der Waals surface area (Å²) in [5.41, 5.74) is 7.04. The minimum absolute atomic E-state index is 0.125. The Kier molecular flexibility index (Phi) is 3.37. The van der Waals surface area contributed by atoms with Gasteiger partial charge >= 0.3 is 0 Å². The molecule has 2 atom stereocenters. The Hall–Kier alpha value is -0.910. The molecule has 0 spiro atoms. The summed E-state index contributed by atoms with van der Waals surface area (Å²) in [5, 5.41) is -0.125. The highest BCUT2D eigenvalue weighted by atomic mass is 32.2. The minimum Gasteiger partial charge on any atom is -0.330 e. The molecule has 5 heteroatoms. The molecular formula is C14H20N2O2S. The maximum absolute atomic E-state index is 12.3. The highest BCUT2D eigenvalue weighted by Gasteiger charge is 2.45. The molecule has 19 heavy (non-hydrogen) atoms. The van der Waals surface area contributed by atoms with E-state index in [0.717, 1.165) is 12.8 Å². The Morgan fingerprint density at radius 3 is 2.42 bits per heavy atom. The van der Waals surface area contributed by atoms with Gasteiger partial charge in [0.2, 0.25) is 10.0 Å². The number of hydrogen-bond acceptors (Lipinski definition) is 3. The Balaban J connectivity index is 1.83. The lowest BCUT2D eigenvalue weighted by Crippen LogP contribution is -2.32. The van der Waals surface area contributed by atoms with E-state index < -0.39 is 10.0 Å². The maximum atomic E-state index is 12.3. The molecule has 0 radical (unpaired) electrons. The van der Waals surface area contributed by atoms with Gasteiger partial charge in [0.05, 0.1) is 5.25 Å². The van der Waals surface area contributed by atoms with Crippen LogP contribution in [0.25, 0.3) is 0 Å². The van der Waals surface area contributed by atoms with Crippen molar-refractivity contribution in [1.82, 2.24) is 4.31 Å². The van der Waals surface area contributed by atoms with Crippen LogP contribution in [0.5, 0.6) is 0 Å². The largest absolute Gasteiger partial charge is 0.330 e. The third kappa shape index (κ3) is 2.42. The van der Waals surface area contributed by atoms with Crippen molar-refractivity contribution in [2.75, 3.05) is 19.6 Å². The lowest BCUT2D eigenvalue weighted by molar-refractivity contribution is 0.458. The second kappa shape index (κ2) is 4.89. The van der Waals surface area contributed by atoms with Crippen molar-refractivity contribution in [2.45, 2.75) is 24.0 Å². The molecule has 0 bridgehead atoms. The van der Waals surface area contributed by atoms with E-state index in [1.807, 2.05) is 18.2 Å². The summed E-state index contributed by atoms with van der Waals surface area (Å²) in [5.74, 6) is 0.468. The molecule has 4 nitrogen and oxygen atoms in total. The van der Waals surface area contributed by atoms with Gasteiger partial charge in [0.25, 0.3) is 0 Å². The number of hydrogen-bond donors (Lipinski definition) is 1. The van der Waals surface area contributed by atoms with Crippen LogP contribution in [0.1, 0.15) is 24.3 Å². The molecule has 0 aromatic heterocycles. The van der Waals surface area contributed by atoms with Crippen LogP contribution in [0.15, 0.2) is 30.3 Å². The van der Waals surface area contributed by atoms with Crippen LogP contribution in [0.3, 0.4) is 0 Å². The van der Waals surface area contributed by atoms with Crippen molar-refractivity contribution in [2.24, 2.45) is 11.7 Å². The van der Waals surface area contributed by atoms with Crippen molar-refractivity contribution in [3.63, 3.8) is 0 Å². The summed E-state index contributed by atoms with van der Waals surface area (Å²) in [4.78, 5) is 0. The van der Waals surface area contributed by atoms with Crippen LogP contribution in [0.2, 0.25) is 0 Å². The SMILES string of the molecule is NC[C@@H]1CN(S(=O)(=O)C2CC2)C[C@H]1c1ccccc1. The van der Waals surface area contributed by atoms with E-state index in [1.165, 1.54) is 5.56 Å². The average molecular weight is 280 g/mol. The van der Waals surface area contributed by atoms with E-state index in [9.17, 15) is 8.42 Å². The van der Waals surface area contributed by atoms with Crippen LogP contribution < -0.4 is 5.73 Å². The van der Waals surface area contributed by atoms with Crippen LogP contribution >= 0.6 is 0 Å². The average Bonchev–Trinajstić information content (AvgIpc) is 3.19. The predicted octanol–water partition coefficient (Wildman–Crippen LogP) is 1.15. The summed E-state index contributed by atoms with van der Waals surface area (Å²) in [6, 6.07) is 10.1. The van der Waals surface area contributed by atoms with Gasteiger partial charge in [0, 0.05) is 19.0 Å². The zero-order valence-corrected chi connectivity index (χ0v) is 11.7. The molecule has 1 aliphatic carbocycles. The molecule has 2 fully saturated rings. The van der Waals surface area contributed by atoms with Gasteiger partial charge in [-0.05, 0) is 30.9 Å². The van der Waals surface area contributed by atoms with Gasteiger partial charge in [-0.15, -0.1) is 0 Å². The van der Waals surface area contributed by atoms with Crippen molar-refractivity contribution in [1.29, 1.82) is 0 Å². The van der Waals surface area contributed by atoms with Gasteiger partial charge in [-0.2, -0.15) is 0 Å². The van der Waals surface area contributed by atoms with Crippen molar-refractivity contribution >= 4 is 10.0 Å². The minimum atomic E-state index is -3.07. The summed E-state index contributed by atoms with van der Waals surface area (Å²) in [6.07, 6.45) is 1.64. The molecule has 1 aromatic rings. The second-order valence-electron chi connectivity index (χ2n) is 5.57. The van der Waals surface area contributed by atoms with E-state index in [1.54, 1.807) is 4.31 Å². The molecule has 1 heterocycles. The highest BCUT2D eigenvalue weighted by molar-refractivity contribution is 7.90. The van der Waals surface area contributed by atoms with Gasteiger partial charge in [-0.25, -0.2) is 12.7 Å². The number of rotatable bonds is 4. The van der Waals surface area contributed by atoms with Crippen molar-refractivity contribution < 1.29 is 8.42 Å². The molecule has 1 saturated heterocycles. The Morgan fingerprint density at radius 1 is 1.16 bits per heavy atom. The Bertz CT molecular complexity index is 540. The van der Waals surface area contributed by atoms with Crippen LogP contribution in [-0.4, -0.2) is 37.6 Å². The van der Waals surface area contributed by atoms with Crippen LogP contribution in [0, 0.1) is 5.92 Å². The first kappa shape index (κ1) is 13.1. The van der Waals surface area contributed by atoms with Gasteiger partial charge in [0.15, 0.2) is 0 Å². The number of benzene rings is 1. The van der Waals surface area contributed by atoms with Gasteiger partial charge in [0.1, 0.15) is 0 Å². The van der Waals surface area contributed by atoms with Crippen molar-refractivity contribution in [3.8, 4) is 0 Å². The molecule has 0 amide bonds. The lowest BCUT2D eigenvalue weighted by Gasteiger charge is -2.16. The van der Waals surface area contributed by atoms with E-state index in [-0.39, 0.29) is 17.1 Å². The third-order valence-electron chi connectivity index (χ3n) is 4.24. The smallest absolute Gasteiger partial charge is 0.217 e. The monoisotopic (exact) mass is 280 g/mol. The van der Waals surface area contributed by atoms with Crippen LogP contribution in [0.4, 0.5) is 0 Å². The fourth-order valence-corrected chi connectivity index (χ4v) is 4.85. The third-order valence-corrected chi connectivity index (χ3v) is 6.58. The molecule has 2 N–H and O–H groups in total. The summed E-state index contributed by atoms with van der Waals surface area (Å²) in [6.45, 7) is 1.70. The fourth-order valence-electron chi connectivity index (χ4n) is 2.93. The molecule has 104 valence electrons. The Morgan fingerprint density at radius 2 is 1.84 bits per heavy atom. The zero-order chi connectivity index (χ0) is 13.5. The molecular weight excluding hydrogens is 260 g/mol. The first-order chi connectivity index (χ1) is 9.13. The van der Waals surface area contributed by atoms with Crippen LogP contribution in [-0.2, 0) is 10.0 Å². The second-order valence-corrected chi connectivity index (χ2v) is 7.79. The normalized spacial score (nSPS) is 28.7. The molecule has 1 aromatic carbocycles. The molecule has 2 aliphatic rings. The van der Waals surface area contributed by atoms with Gasteiger partial charge < -0.3 is 5.73 Å². The van der Waals surface area contributed by atoms with E-state index in [0.29, 0.717) is 19.6 Å². The predicted molar refractivity (Wildman–Crippen MR) is 75.2 cm³/mol. The maximum Gasteiger partial charge on any atom is 0.217 e. The number of nitrogens with two attached hydrogens (primary N) is 1. The van der Waals surface area contributed by atoms with E-state index >= 15 is 0 Å². The Labute approximate surface area is 114 Å². The first-order valence-electron chi connectivity index (χ1n) is 6.87. The number of sulfonamides is 1. The van der Waals surface area contributed by atoms with Gasteiger partial charge in [-0.3, -0.25) is 0 Å². The summed E-state index contributed by atoms with van der Waals surface area (Å²) < 4.78 is 26.3. The van der Waals surface area contributed by atoms with E-state index in [4.69, 9.17) is 5.73 Å². The van der Waals surface area contributed by atoms with E-state index in [2.05, 4.69) is 12.1 Å². The molecule has 1 saturated carbocycles. The quantitative estimate of drug-likeness (QED) is 0.900. The highest BCUT2D eigenvalue weighted by Crippen LogP contribution is 2.38. The van der Waals surface area contributed by atoms with Crippen molar-refractivity contribution in [3.05, 3.63) is 35.9 Å². The lowest BCUT2D eigenvalue weighted by atomic mass is 9.89. The molecule has 1 aliphatic heterocycles. The number of nitrogens with zero attached hydrogens (tertiary/aromatic N) is 1. The topological polar surface area (TPSA) is 63.4 Å².